The van der Waals surface area contributed by atoms with Crippen LogP contribution in [0.5, 0.6) is 0 Å². The van der Waals surface area contributed by atoms with Crippen LogP contribution in [0, 0.1) is 5.41 Å². The van der Waals surface area contributed by atoms with Crippen LogP contribution in [0.25, 0.3) is 0 Å². The van der Waals surface area contributed by atoms with Crippen molar-refractivity contribution in [2.24, 2.45) is 5.41 Å². The molecule has 82 valence electrons. The van der Waals surface area contributed by atoms with E-state index >= 15 is 0 Å². The molecule has 0 unspecified atom stereocenters. The van der Waals surface area contributed by atoms with Gasteiger partial charge in [0.15, 0.2) is 5.78 Å². The Kier molecular flexibility index (Phi) is 5.99. The molecule has 0 aromatic heterocycles. The summed E-state index contributed by atoms with van der Waals surface area (Å²) in [5.74, 6) is -0.932. The van der Waals surface area contributed by atoms with Crippen molar-refractivity contribution in [2.45, 2.75) is 6.92 Å². The first-order chi connectivity index (χ1) is 6.66. The minimum atomic E-state index is -2.17. The first-order valence-electron chi connectivity index (χ1n) is 4.17. The Morgan fingerprint density at radius 2 is 1.79 bits per heavy atom. The normalized spacial score (nSPS) is 12.0. The molecule has 0 bridgehead atoms. The summed E-state index contributed by atoms with van der Waals surface area (Å²) in [5.41, 5.74) is -2.17. The molecular weight excluding hydrogens is 197 g/mol. The van der Waals surface area contributed by atoms with E-state index in [0.29, 0.717) is 6.61 Å². The highest BCUT2D eigenvalue weighted by molar-refractivity contribution is 5.95. The van der Waals surface area contributed by atoms with Crippen molar-refractivity contribution in [3.8, 4) is 0 Å². The maximum Gasteiger partial charge on any atom is 0.172 e. The van der Waals surface area contributed by atoms with Gasteiger partial charge >= 0.3 is 0 Å². The Hall–Kier alpha value is -1.00. The second-order valence-corrected chi connectivity index (χ2v) is 2.80. The van der Waals surface area contributed by atoms with Crippen LogP contribution in [0.15, 0.2) is 12.3 Å². The summed E-state index contributed by atoms with van der Waals surface area (Å²) in [5, 5.41) is 0. The number of carbonyl (C=O) groups is 1. The molecule has 0 saturated heterocycles. The van der Waals surface area contributed by atoms with Gasteiger partial charge in [-0.3, -0.25) is 4.79 Å². The number of rotatable bonds is 7. The number of hydrogen-bond acceptors (Lipinski definition) is 2. The standard InChI is InChI=1S/C9H13F3O2/c1-2-14-4-3-8(13)9(5-10,6-11)7-12/h3-4H,2,5-7H2,1H3. The molecule has 0 aliphatic rings. The van der Waals surface area contributed by atoms with Crippen LogP contribution < -0.4 is 0 Å². The average Bonchev–Trinajstić information content (AvgIpc) is 2.22. The molecule has 0 amide bonds. The van der Waals surface area contributed by atoms with Crippen molar-refractivity contribution in [2.75, 3.05) is 26.6 Å². The first kappa shape index (κ1) is 13.0. The van der Waals surface area contributed by atoms with E-state index in [-0.39, 0.29) is 0 Å². The third-order valence-corrected chi connectivity index (χ3v) is 1.77. The molecule has 14 heavy (non-hydrogen) atoms. The summed E-state index contributed by atoms with van der Waals surface area (Å²) < 4.78 is 41.6. The molecule has 0 spiro atoms. The molecule has 0 aliphatic carbocycles. The van der Waals surface area contributed by atoms with Gasteiger partial charge < -0.3 is 4.74 Å². The summed E-state index contributed by atoms with van der Waals surface area (Å²) in [7, 11) is 0. The van der Waals surface area contributed by atoms with Crippen LogP contribution in [0.2, 0.25) is 0 Å². The van der Waals surface area contributed by atoms with Gasteiger partial charge in [-0.15, -0.1) is 0 Å². The van der Waals surface area contributed by atoms with Crippen LogP contribution in [-0.4, -0.2) is 32.4 Å². The molecule has 0 saturated carbocycles. The molecule has 5 heteroatoms. The van der Waals surface area contributed by atoms with Gasteiger partial charge in [0.2, 0.25) is 0 Å². The van der Waals surface area contributed by atoms with Gasteiger partial charge in [-0.25, -0.2) is 13.2 Å². The molecule has 0 atom stereocenters. The van der Waals surface area contributed by atoms with Crippen molar-refractivity contribution < 1.29 is 22.7 Å². The third kappa shape index (κ3) is 3.05. The number of hydrogen-bond donors (Lipinski definition) is 0. The Morgan fingerprint density at radius 1 is 1.29 bits per heavy atom. The van der Waals surface area contributed by atoms with E-state index in [2.05, 4.69) is 4.74 Å². The fourth-order valence-corrected chi connectivity index (χ4v) is 0.688. The van der Waals surface area contributed by atoms with Gasteiger partial charge in [0.25, 0.3) is 0 Å². The zero-order chi connectivity index (χ0) is 11.0. The lowest BCUT2D eigenvalue weighted by Gasteiger charge is -2.19. The van der Waals surface area contributed by atoms with E-state index in [1.54, 1.807) is 6.92 Å². The molecule has 0 rings (SSSR count). The summed E-state index contributed by atoms with van der Waals surface area (Å²) in [6.45, 7) is -2.04. The van der Waals surface area contributed by atoms with Gasteiger partial charge in [-0.05, 0) is 6.92 Å². The SMILES string of the molecule is CCOC=CC(=O)C(CF)(CF)CF. The molecular formula is C9H13F3O2. The van der Waals surface area contributed by atoms with Gasteiger partial charge in [0.1, 0.15) is 25.4 Å². The lowest BCUT2D eigenvalue weighted by Crippen LogP contribution is -2.37. The first-order valence-corrected chi connectivity index (χ1v) is 4.17. The van der Waals surface area contributed by atoms with Gasteiger partial charge in [-0.1, -0.05) is 0 Å². The van der Waals surface area contributed by atoms with E-state index in [9.17, 15) is 18.0 Å². The highest BCUT2D eigenvalue weighted by Gasteiger charge is 2.37. The van der Waals surface area contributed by atoms with E-state index in [4.69, 9.17) is 0 Å². The molecule has 0 aliphatic heterocycles. The lowest BCUT2D eigenvalue weighted by molar-refractivity contribution is -0.126. The van der Waals surface area contributed by atoms with Crippen LogP contribution >= 0.6 is 0 Å². The Morgan fingerprint density at radius 3 is 2.14 bits per heavy atom. The predicted molar refractivity (Wildman–Crippen MR) is 46.1 cm³/mol. The maximum absolute atomic E-state index is 12.3. The van der Waals surface area contributed by atoms with Gasteiger partial charge in [0, 0.05) is 6.08 Å². The van der Waals surface area contributed by atoms with Crippen molar-refractivity contribution in [1.82, 2.24) is 0 Å². The number of halogens is 3. The third-order valence-electron chi connectivity index (χ3n) is 1.77. The van der Waals surface area contributed by atoms with Gasteiger partial charge in [-0.2, -0.15) is 0 Å². The predicted octanol–water partition coefficient (Wildman–Crippen LogP) is 2.00. The summed E-state index contributed by atoms with van der Waals surface area (Å²) in [6, 6.07) is 0. The number of ketones is 1. The van der Waals surface area contributed by atoms with Crippen molar-refractivity contribution in [1.29, 1.82) is 0 Å². The number of ether oxygens (including phenoxy) is 1. The fourth-order valence-electron chi connectivity index (χ4n) is 0.688. The summed E-state index contributed by atoms with van der Waals surface area (Å²) in [4.78, 5) is 11.1. The number of alkyl halides is 3. The van der Waals surface area contributed by atoms with E-state index in [1.165, 1.54) is 0 Å². The minimum absolute atomic E-state index is 0.331. The highest BCUT2D eigenvalue weighted by Crippen LogP contribution is 2.22. The van der Waals surface area contributed by atoms with E-state index < -0.39 is 31.2 Å². The molecule has 0 radical (unpaired) electrons. The van der Waals surface area contributed by atoms with Crippen LogP contribution in [0.1, 0.15) is 6.92 Å². The molecule has 0 aromatic rings. The lowest BCUT2D eigenvalue weighted by atomic mass is 9.88. The second-order valence-electron chi connectivity index (χ2n) is 2.80. The highest BCUT2D eigenvalue weighted by atomic mass is 19.1. The Balaban J connectivity index is 4.44. The van der Waals surface area contributed by atoms with Crippen LogP contribution in [0.3, 0.4) is 0 Å². The Bertz CT molecular complexity index is 192. The minimum Gasteiger partial charge on any atom is -0.501 e. The quantitative estimate of drug-likeness (QED) is 0.474. The Labute approximate surface area is 80.7 Å². The van der Waals surface area contributed by atoms with E-state index in [1.807, 2.05) is 0 Å². The van der Waals surface area contributed by atoms with Crippen molar-refractivity contribution in [3.05, 3.63) is 12.3 Å². The monoisotopic (exact) mass is 210 g/mol. The topological polar surface area (TPSA) is 26.3 Å². The molecule has 2 nitrogen and oxygen atoms in total. The maximum atomic E-state index is 12.3. The summed E-state index contributed by atoms with van der Waals surface area (Å²) >= 11 is 0. The average molecular weight is 210 g/mol. The van der Waals surface area contributed by atoms with Gasteiger partial charge in [0.05, 0.1) is 12.9 Å². The summed E-state index contributed by atoms with van der Waals surface area (Å²) in [6.07, 6.45) is 1.86. The van der Waals surface area contributed by atoms with E-state index in [0.717, 1.165) is 12.3 Å². The largest absolute Gasteiger partial charge is 0.501 e. The number of carbonyl (C=O) groups excluding carboxylic acids is 1. The molecule has 0 aromatic carbocycles. The van der Waals surface area contributed by atoms with Crippen molar-refractivity contribution in [3.63, 3.8) is 0 Å². The van der Waals surface area contributed by atoms with Crippen LogP contribution in [0.4, 0.5) is 13.2 Å². The number of allylic oxidation sites excluding steroid dienone is 1. The second kappa shape index (κ2) is 6.45. The zero-order valence-corrected chi connectivity index (χ0v) is 7.93. The smallest absolute Gasteiger partial charge is 0.172 e. The molecule has 0 heterocycles. The zero-order valence-electron chi connectivity index (χ0n) is 7.93. The van der Waals surface area contributed by atoms with Crippen LogP contribution in [-0.2, 0) is 9.53 Å². The molecule has 0 fully saturated rings. The molecule has 0 N–H and O–H groups in total. The fraction of sp³-hybridized carbons (Fsp3) is 0.667. The van der Waals surface area contributed by atoms with Crippen molar-refractivity contribution >= 4 is 5.78 Å².